The van der Waals surface area contributed by atoms with Crippen LogP contribution in [0, 0.1) is 11.8 Å². The molecule has 20 heavy (non-hydrogen) atoms. The van der Waals surface area contributed by atoms with E-state index < -0.39 is 0 Å². The third kappa shape index (κ3) is 3.97. The van der Waals surface area contributed by atoms with Gasteiger partial charge in [-0.1, -0.05) is 49.5 Å². The zero-order valence-electron chi connectivity index (χ0n) is 12.2. The number of nitrogens with two attached hydrogens (primary N) is 1. The van der Waals surface area contributed by atoms with Gasteiger partial charge in [-0.3, -0.25) is 0 Å². The van der Waals surface area contributed by atoms with Crippen molar-refractivity contribution >= 4 is 5.84 Å². The van der Waals surface area contributed by atoms with Crippen LogP contribution in [-0.4, -0.2) is 17.6 Å². The molecule has 1 saturated carbocycles. The van der Waals surface area contributed by atoms with Crippen LogP contribution in [0.3, 0.4) is 0 Å². The Bertz CT molecular complexity index is 459. The molecule has 4 nitrogen and oxygen atoms in total. The fourth-order valence-corrected chi connectivity index (χ4v) is 3.00. The first-order valence-electron chi connectivity index (χ1n) is 7.48. The maximum Gasteiger partial charge on any atom is 0.170 e. The van der Waals surface area contributed by atoms with Crippen LogP contribution in [0.15, 0.2) is 29.4 Å². The minimum Gasteiger partial charge on any atom is -0.409 e. The third-order valence-corrected chi connectivity index (χ3v) is 4.36. The van der Waals surface area contributed by atoms with E-state index in [-0.39, 0.29) is 5.84 Å². The van der Waals surface area contributed by atoms with Gasteiger partial charge < -0.3 is 16.3 Å². The largest absolute Gasteiger partial charge is 0.409 e. The zero-order chi connectivity index (χ0) is 14.4. The monoisotopic (exact) mass is 275 g/mol. The first-order chi connectivity index (χ1) is 9.70. The van der Waals surface area contributed by atoms with Gasteiger partial charge in [0.05, 0.1) is 0 Å². The van der Waals surface area contributed by atoms with E-state index in [1.165, 1.54) is 25.7 Å². The summed E-state index contributed by atoms with van der Waals surface area (Å²) < 4.78 is 0. The number of benzene rings is 1. The molecule has 1 aliphatic carbocycles. The van der Waals surface area contributed by atoms with Crippen molar-refractivity contribution in [3.05, 3.63) is 35.4 Å². The van der Waals surface area contributed by atoms with Crippen LogP contribution in [0.1, 0.15) is 43.7 Å². The Morgan fingerprint density at radius 2 is 2.20 bits per heavy atom. The van der Waals surface area contributed by atoms with Crippen molar-refractivity contribution in [2.24, 2.45) is 22.7 Å². The van der Waals surface area contributed by atoms with Crippen LogP contribution < -0.4 is 11.1 Å². The number of nitrogens with one attached hydrogen (secondary N) is 1. The van der Waals surface area contributed by atoms with E-state index in [2.05, 4.69) is 23.5 Å². The maximum atomic E-state index is 8.70. The molecule has 1 aromatic carbocycles. The third-order valence-electron chi connectivity index (χ3n) is 4.36. The van der Waals surface area contributed by atoms with Crippen LogP contribution in [0.2, 0.25) is 0 Å². The van der Waals surface area contributed by atoms with Gasteiger partial charge in [0.25, 0.3) is 0 Å². The molecule has 1 aliphatic rings. The van der Waals surface area contributed by atoms with Crippen molar-refractivity contribution < 1.29 is 5.21 Å². The van der Waals surface area contributed by atoms with Crippen LogP contribution >= 0.6 is 0 Å². The van der Waals surface area contributed by atoms with Crippen molar-refractivity contribution in [3.8, 4) is 0 Å². The van der Waals surface area contributed by atoms with Crippen LogP contribution in [0.25, 0.3) is 0 Å². The Hall–Kier alpha value is -1.55. The average molecular weight is 275 g/mol. The van der Waals surface area contributed by atoms with E-state index in [0.29, 0.717) is 0 Å². The molecule has 2 rings (SSSR count). The van der Waals surface area contributed by atoms with E-state index in [0.717, 1.165) is 36.1 Å². The molecule has 0 saturated heterocycles. The lowest BCUT2D eigenvalue weighted by atomic mass is 9.80. The van der Waals surface area contributed by atoms with Gasteiger partial charge in [0.1, 0.15) is 0 Å². The molecular formula is C16H25N3O. The minimum atomic E-state index is 0.160. The molecule has 0 aliphatic heterocycles. The van der Waals surface area contributed by atoms with Crippen LogP contribution in [0.4, 0.5) is 0 Å². The highest BCUT2D eigenvalue weighted by Gasteiger charge is 2.20. The fraction of sp³-hybridized carbons (Fsp3) is 0.562. The lowest BCUT2D eigenvalue weighted by molar-refractivity contribution is 0.247. The predicted octanol–water partition coefficient (Wildman–Crippen LogP) is 2.70. The molecule has 0 aromatic heterocycles. The number of hydrogen-bond acceptors (Lipinski definition) is 3. The zero-order valence-corrected chi connectivity index (χ0v) is 12.2. The van der Waals surface area contributed by atoms with Gasteiger partial charge in [-0.2, -0.15) is 0 Å². The van der Waals surface area contributed by atoms with Gasteiger partial charge in [0, 0.05) is 12.1 Å². The molecule has 4 N–H and O–H groups in total. The number of oxime groups is 1. The van der Waals surface area contributed by atoms with Gasteiger partial charge in [0.2, 0.25) is 0 Å². The highest BCUT2D eigenvalue weighted by atomic mass is 16.4. The minimum absolute atomic E-state index is 0.160. The highest BCUT2D eigenvalue weighted by molar-refractivity contribution is 5.97. The van der Waals surface area contributed by atoms with Gasteiger partial charge in [-0.05, 0) is 36.4 Å². The molecule has 1 fully saturated rings. The van der Waals surface area contributed by atoms with Gasteiger partial charge >= 0.3 is 0 Å². The average Bonchev–Trinajstić information content (AvgIpc) is 2.49. The SMILES string of the molecule is CC1CCCCC1CNCc1cccc(C(N)=NO)c1. The Kier molecular flexibility index (Phi) is 5.41. The van der Waals surface area contributed by atoms with E-state index in [4.69, 9.17) is 10.9 Å². The van der Waals surface area contributed by atoms with Crippen LogP contribution in [0.5, 0.6) is 0 Å². The summed E-state index contributed by atoms with van der Waals surface area (Å²) in [5.74, 6) is 1.79. The van der Waals surface area contributed by atoms with E-state index >= 15 is 0 Å². The summed E-state index contributed by atoms with van der Waals surface area (Å²) in [6.45, 7) is 4.27. The van der Waals surface area contributed by atoms with E-state index in [1.807, 2.05) is 18.2 Å². The second-order valence-electron chi connectivity index (χ2n) is 5.84. The van der Waals surface area contributed by atoms with Crippen LogP contribution in [-0.2, 0) is 6.54 Å². The summed E-state index contributed by atoms with van der Waals surface area (Å²) in [4.78, 5) is 0. The second kappa shape index (κ2) is 7.29. The van der Waals surface area contributed by atoms with Crippen molar-refractivity contribution in [3.63, 3.8) is 0 Å². The summed E-state index contributed by atoms with van der Waals surface area (Å²) in [7, 11) is 0. The van der Waals surface area contributed by atoms with Crippen molar-refractivity contribution in [2.75, 3.05) is 6.54 Å². The Labute approximate surface area is 121 Å². The number of nitrogens with zero attached hydrogens (tertiary/aromatic N) is 1. The second-order valence-corrected chi connectivity index (χ2v) is 5.84. The Morgan fingerprint density at radius 1 is 1.40 bits per heavy atom. The highest BCUT2D eigenvalue weighted by Crippen LogP contribution is 2.28. The van der Waals surface area contributed by atoms with Crippen molar-refractivity contribution in [1.29, 1.82) is 0 Å². The molecule has 0 heterocycles. The lowest BCUT2D eigenvalue weighted by Crippen LogP contribution is -2.29. The number of amidine groups is 1. The fourth-order valence-electron chi connectivity index (χ4n) is 3.00. The number of rotatable bonds is 5. The molecule has 0 bridgehead atoms. The van der Waals surface area contributed by atoms with E-state index in [9.17, 15) is 0 Å². The maximum absolute atomic E-state index is 8.70. The normalized spacial score (nSPS) is 23.8. The lowest BCUT2D eigenvalue weighted by Gasteiger charge is -2.28. The Balaban J connectivity index is 1.84. The molecule has 0 radical (unpaired) electrons. The summed E-state index contributed by atoms with van der Waals surface area (Å²) in [6, 6.07) is 7.81. The van der Waals surface area contributed by atoms with Crippen molar-refractivity contribution in [2.45, 2.75) is 39.2 Å². The molecule has 1 aromatic rings. The van der Waals surface area contributed by atoms with Gasteiger partial charge in [0.15, 0.2) is 5.84 Å². The molecule has 4 heteroatoms. The van der Waals surface area contributed by atoms with E-state index in [1.54, 1.807) is 0 Å². The smallest absolute Gasteiger partial charge is 0.170 e. The molecule has 2 unspecified atom stereocenters. The molecule has 0 spiro atoms. The first-order valence-corrected chi connectivity index (χ1v) is 7.48. The standard InChI is InChI=1S/C16H25N3O/c1-12-5-2-3-7-15(12)11-18-10-13-6-4-8-14(9-13)16(17)19-20/h4,6,8-9,12,15,18,20H,2-3,5,7,10-11H2,1H3,(H2,17,19). The molecule has 0 amide bonds. The summed E-state index contributed by atoms with van der Waals surface area (Å²) in [6.07, 6.45) is 5.47. The Morgan fingerprint density at radius 3 is 2.95 bits per heavy atom. The topological polar surface area (TPSA) is 70.6 Å². The van der Waals surface area contributed by atoms with Gasteiger partial charge in [-0.15, -0.1) is 0 Å². The summed E-state index contributed by atoms with van der Waals surface area (Å²) >= 11 is 0. The number of hydrogen-bond donors (Lipinski definition) is 3. The van der Waals surface area contributed by atoms with Gasteiger partial charge in [-0.25, -0.2) is 0 Å². The predicted molar refractivity (Wildman–Crippen MR) is 81.8 cm³/mol. The quantitative estimate of drug-likeness (QED) is 0.335. The molecule has 2 atom stereocenters. The summed E-state index contributed by atoms with van der Waals surface area (Å²) in [5.41, 5.74) is 7.53. The molecule has 110 valence electrons. The van der Waals surface area contributed by atoms with Crippen molar-refractivity contribution in [1.82, 2.24) is 5.32 Å². The first kappa shape index (κ1) is 14.9. The molecular weight excluding hydrogens is 250 g/mol. The summed E-state index contributed by atoms with van der Waals surface area (Å²) in [5, 5.41) is 15.3.